The molecule has 2 N–H and O–H groups in total. The molecule has 0 radical (unpaired) electrons. The van der Waals surface area contributed by atoms with E-state index in [9.17, 15) is 14.4 Å². The Kier molecular flexibility index (Phi) is 5.90. The fourth-order valence-electron chi connectivity index (χ4n) is 4.98. The number of nitrogens with one attached hydrogen (secondary N) is 2. The first-order valence-electron chi connectivity index (χ1n) is 11.7. The number of carbonyl (C=O) groups excluding carboxylic acids is 2. The van der Waals surface area contributed by atoms with Crippen LogP contribution in [0.1, 0.15) is 42.9 Å². The van der Waals surface area contributed by atoms with Gasteiger partial charge < -0.3 is 20.1 Å². The Balaban J connectivity index is 1.15. The average molecular weight is 448 g/mol. The van der Waals surface area contributed by atoms with E-state index >= 15 is 0 Å². The molecular formula is C25H29N5O3. The minimum Gasteiger partial charge on any atom is -0.338 e. The summed E-state index contributed by atoms with van der Waals surface area (Å²) >= 11 is 0. The van der Waals surface area contributed by atoms with Gasteiger partial charge in [-0.05, 0) is 42.5 Å². The Morgan fingerprint density at radius 3 is 2.58 bits per heavy atom. The van der Waals surface area contributed by atoms with Gasteiger partial charge in [0.05, 0.1) is 11.0 Å². The van der Waals surface area contributed by atoms with E-state index in [1.807, 2.05) is 56.8 Å². The van der Waals surface area contributed by atoms with Crippen molar-refractivity contribution in [1.29, 1.82) is 0 Å². The van der Waals surface area contributed by atoms with Crippen LogP contribution in [0.3, 0.4) is 0 Å². The standard InChI is InChI=1S/C25H29N5O3/c31-23-9-4-12-29(23)17-19-6-3-5-18(15-19)16-26-24(32)28-13-10-20(11-14-28)30-22-8-2-1-7-21(22)27-25(30)33/h1-3,5-8,15,20H,4,9-14,16-17H2,(H,26,32)(H,27,33). The molecule has 8 heteroatoms. The molecule has 3 aromatic rings. The summed E-state index contributed by atoms with van der Waals surface area (Å²) in [6, 6.07) is 15.8. The molecular weight excluding hydrogens is 418 g/mol. The predicted octanol–water partition coefficient (Wildman–Crippen LogP) is 3.00. The number of likely N-dealkylation sites (tertiary alicyclic amines) is 2. The number of nitrogens with zero attached hydrogens (tertiary/aromatic N) is 3. The molecule has 2 aromatic carbocycles. The highest BCUT2D eigenvalue weighted by molar-refractivity contribution is 5.78. The average Bonchev–Trinajstić information content (AvgIpc) is 3.39. The molecule has 2 aliphatic rings. The van der Waals surface area contributed by atoms with Crippen LogP contribution in [0, 0.1) is 0 Å². The fraction of sp³-hybridized carbons (Fsp3) is 0.400. The van der Waals surface area contributed by atoms with Crippen molar-refractivity contribution in [3.05, 3.63) is 70.1 Å². The number of hydrogen-bond donors (Lipinski definition) is 2. The third-order valence-electron chi connectivity index (χ3n) is 6.72. The van der Waals surface area contributed by atoms with Crippen LogP contribution in [0.25, 0.3) is 11.0 Å². The number of aromatic amines is 1. The lowest BCUT2D eigenvalue weighted by molar-refractivity contribution is -0.128. The number of piperidine rings is 1. The molecule has 0 bridgehead atoms. The molecule has 0 unspecified atom stereocenters. The highest BCUT2D eigenvalue weighted by Crippen LogP contribution is 2.25. The minimum absolute atomic E-state index is 0.0835. The quantitative estimate of drug-likeness (QED) is 0.630. The van der Waals surface area contributed by atoms with Crippen LogP contribution in [0.15, 0.2) is 53.3 Å². The number of urea groups is 1. The van der Waals surface area contributed by atoms with Crippen molar-refractivity contribution < 1.29 is 9.59 Å². The molecule has 3 heterocycles. The van der Waals surface area contributed by atoms with Gasteiger partial charge in [-0.3, -0.25) is 9.36 Å². The molecule has 33 heavy (non-hydrogen) atoms. The molecule has 2 aliphatic heterocycles. The molecule has 8 nitrogen and oxygen atoms in total. The van der Waals surface area contributed by atoms with Crippen LogP contribution in [-0.2, 0) is 17.9 Å². The van der Waals surface area contributed by atoms with Crippen molar-refractivity contribution >= 4 is 23.0 Å². The maximum atomic E-state index is 12.7. The summed E-state index contributed by atoms with van der Waals surface area (Å²) in [5, 5.41) is 3.02. The van der Waals surface area contributed by atoms with Crippen LogP contribution >= 0.6 is 0 Å². The van der Waals surface area contributed by atoms with Gasteiger partial charge in [0.25, 0.3) is 0 Å². The summed E-state index contributed by atoms with van der Waals surface area (Å²) in [6.45, 7) is 3.11. The van der Waals surface area contributed by atoms with E-state index in [-0.39, 0.29) is 23.7 Å². The van der Waals surface area contributed by atoms with E-state index in [0.29, 0.717) is 32.6 Å². The normalized spacial score (nSPS) is 17.2. The van der Waals surface area contributed by atoms with Gasteiger partial charge in [0, 0.05) is 45.2 Å². The zero-order valence-corrected chi connectivity index (χ0v) is 18.6. The first-order valence-corrected chi connectivity index (χ1v) is 11.7. The third-order valence-corrected chi connectivity index (χ3v) is 6.72. The Labute approximate surface area is 192 Å². The van der Waals surface area contributed by atoms with Gasteiger partial charge in [-0.25, -0.2) is 9.59 Å². The smallest absolute Gasteiger partial charge is 0.326 e. The van der Waals surface area contributed by atoms with Crippen molar-refractivity contribution in [2.45, 2.75) is 44.8 Å². The van der Waals surface area contributed by atoms with Crippen molar-refractivity contribution in [2.75, 3.05) is 19.6 Å². The first kappa shape index (κ1) is 21.3. The number of amides is 3. The van der Waals surface area contributed by atoms with E-state index in [0.717, 1.165) is 48.0 Å². The van der Waals surface area contributed by atoms with Crippen molar-refractivity contribution in [1.82, 2.24) is 24.7 Å². The number of rotatable bonds is 5. The summed E-state index contributed by atoms with van der Waals surface area (Å²) in [5.74, 6) is 0.215. The third kappa shape index (κ3) is 4.51. The highest BCUT2D eigenvalue weighted by atomic mass is 16.2. The molecule has 0 spiro atoms. The monoisotopic (exact) mass is 447 g/mol. The van der Waals surface area contributed by atoms with Gasteiger partial charge in [-0.2, -0.15) is 0 Å². The number of H-pyrrole nitrogens is 1. The number of aromatic nitrogens is 2. The maximum Gasteiger partial charge on any atom is 0.326 e. The van der Waals surface area contributed by atoms with E-state index in [1.54, 1.807) is 0 Å². The van der Waals surface area contributed by atoms with Gasteiger partial charge in [-0.15, -0.1) is 0 Å². The summed E-state index contributed by atoms with van der Waals surface area (Å²) < 4.78 is 1.83. The SMILES string of the molecule is O=C1CCCN1Cc1cccc(CNC(=O)N2CCC(n3c(=O)[nH]c4ccccc43)CC2)c1. The number of hydrogen-bond acceptors (Lipinski definition) is 3. The Morgan fingerprint density at radius 2 is 1.79 bits per heavy atom. The van der Waals surface area contributed by atoms with Gasteiger partial charge in [-0.1, -0.05) is 36.4 Å². The Bertz CT molecular complexity index is 1220. The zero-order valence-electron chi connectivity index (χ0n) is 18.6. The van der Waals surface area contributed by atoms with Crippen LogP contribution in [-0.4, -0.2) is 50.9 Å². The van der Waals surface area contributed by atoms with Gasteiger partial charge in [0.2, 0.25) is 5.91 Å². The number of para-hydroxylation sites is 2. The van der Waals surface area contributed by atoms with Gasteiger partial charge in [0.15, 0.2) is 0 Å². The molecule has 1 aromatic heterocycles. The second-order valence-electron chi connectivity index (χ2n) is 8.93. The van der Waals surface area contributed by atoms with Crippen molar-refractivity contribution in [3.8, 4) is 0 Å². The van der Waals surface area contributed by atoms with Crippen LogP contribution in [0.5, 0.6) is 0 Å². The molecule has 2 saturated heterocycles. The fourth-order valence-corrected chi connectivity index (χ4v) is 4.98. The number of carbonyl (C=O) groups is 2. The lowest BCUT2D eigenvalue weighted by atomic mass is 10.0. The highest BCUT2D eigenvalue weighted by Gasteiger charge is 2.26. The van der Waals surface area contributed by atoms with E-state index in [1.165, 1.54) is 0 Å². The summed E-state index contributed by atoms with van der Waals surface area (Å²) in [5.41, 5.74) is 3.78. The molecule has 2 fully saturated rings. The number of fused-ring (bicyclic) bond motifs is 1. The van der Waals surface area contributed by atoms with Crippen LogP contribution < -0.4 is 11.0 Å². The van der Waals surface area contributed by atoms with Crippen molar-refractivity contribution in [3.63, 3.8) is 0 Å². The number of benzene rings is 2. The summed E-state index contributed by atoms with van der Waals surface area (Å²) in [6.07, 6.45) is 3.06. The molecule has 5 rings (SSSR count). The molecule has 0 aliphatic carbocycles. The summed E-state index contributed by atoms with van der Waals surface area (Å²) in [7, 11) is 0. The molecule has 0 saturated carbocycles. The molecule has 0 atom stereocenters. The largest absolute Gasteiger partial charge is 0.338 e. The minimum atomic E-state index is -0.0883. The second-order valence-corrected chi connectivity index (χ2v) is 8.93. The topological polar surface area (TPSA) is 90.4 Å². The van der Waals surface area contributed by atoms with Crippen molar-refractivity contribution in [2.24, 2.45) is 0 Å². The van der Waals surface area contributed by atoms with E-state index in [4.69, 9.17) is 0 Å². The van der Waals surface area contributed by atoms with Crippen LogP contribution in [0.2, 0.25) is 0 Å². The number of imidazole rings is 1. The Hall–Kier alpha value is -3.55. The molecule has 3 amide bonds. The van der Waals surface area contributed by atoms with Crippen LogP contribution in [0.4, 0.5) is 4.79 Å². The lowest BCUT2D eigenvalue weighted by Crippen LogP contribution is -2.45. The first-order chi connectivity index (χ1) is 16.1. The second kappa shape index (κ2) is 9.13. The maximum absolute atomic E-state index is 12.7. The Morgan fingerprint density at radius 1 is 1.00 bits per heavy atom. The van der Waals surface area contributed by atoms with E-state index in [2.05, 4.69) is 16.4 Å². The molecule has 172 valence electrons. The van der Waals surface area contributed by atoms with Gasteiger partial charge in [0.1, 0.15) is 0 Å². The summed E-state index contributed by atoms with van der Waals surface area (Å²) in [4.78, 5) is 43.7. The van der Waals surface area contributed by atoms with Gasteiger partial charge >= 0.3 is 11.7 Å². The zero-order chi connectivity index (χ0) is 22.8. The lowest BCUT2D eigenvalue weighted by Gasteiger charge is -2.32. The van der Waals surface area contributed by atoms with E-state index < -0.39 is 0 Å². The predicted molar refractivity (Wildman–Crippen MR) is 126 cm³/mol.